The Morgan fingerprint density at radius 2 is 1.25 bits per heavy atom. The Kier molecular flexibility index (Phi) is 25.0. The molecule has 3 heterocycles. The average molecular weight is 1080 g/mol. The number of unbranched alkanes of at least 4 members (excludes halogenated alkanes) is 12. The molecule has 14 unspecified atom stereocenters. The zero-order valence-electron chi connectivity index (χ0n) is 43.7. The molecule has 0 radical (unpaired) electrons. The van der Waals surface area contributed by atoms with Gasteiger partial charge in [0.05, 0.1) is 36.9 Å². The first-order valence-corrected chi connectivity index (χ1v) is 26.6. The van der Waals surface area contributed by atoms with Crippen LogP contribution in [0.5, 0.6) is 11.5 Å². The third-order valence-electron chi connectivity index (χ3n) is 14.3. The third-order valence-corrected chi connectivity index (χ3v) is 14.3. The van der Waals surface area contributed by atoms with Crippen LogP contribution in [0, 0.1) is 5.92 Å². The Hall–Kier alpha value is -5.70. The van der Waals surface area contributed by atoms with Gasteiger partial charge in [0.15, 0.2) is 17.7 Å². The number of hydrogen-bond donors (Lipinski definition) is 15. The number of aromatic hydroxyl groups is 2. The van der Waals surface area contributed by atoms with Crippen LogP contribution in [-0.4, -0.2) is 195 Å². The molecule has 25 heteroatoms. The summed E-state index contributed by atoms with van der Waals surface area (Å²) in [7, 11) is 0. The highest BCUT2D eigenvalue weighted by Crippen LogP contribution is 2.28. The molecular weight excluding hydrogens is 997 g/mol. The molecule has 4 rings (SSSR count). The lowest BCUT2D eigenvalue weighted by Gasteiger charge is -2.34. The minimum Gasteiger partial charge on any atom is -0.504 e. The maximum absolute atomic E-state index is 14.5. The van der Waals surface area contributed by atoms with Crippen LogP contribution in [0.3, 0.4) is 0 Å². The number of hydrogen-bond acceptors (Lipinski definition) is 17. The van der Waals surface area contributed by atoms with E-state index in [0.29, 0.717) is 12.8 Å². The second-order valence-corrected chi connectivity index (χ2v) is 20.7. The monoisotopic (exact) mass is 1080 g/mol. The number of rotatable bonds is 22. The summed E-state index contributed by atoms with van der Waals surface area (Å²) in [6.45, 7) is 3.73. The first-order chi connectivity index (χ1) is 35.9. The highest BCUT2D eigenvalue weighted by molar-refractivity contribution is 5.98. The van der Waals surface area contributed by atoms with Gasteiger partial charge in [0.2, 0.25) is 47.3 Å². The summed E-state index contributed by atoms with van der Waals surface area (Å²) in [6, 6.07) is -8.30. The summed E-state index contributed by atoms with van der Waals surface area (Å²) in [5.74, 6) is -11.4. The number of aliphatic hydroxyl groups excluding tert-OH is 7. The van der Waals surface area contributed by atoms with Crippen molar-refractivity contribution in [3.05, 3.63) is 23.8 Å². The quantitative estimate of drug-likeness (QED) is 0.0418. The fourth-order valence-corrected chi connectivity index (χ4v) is 9.89. The van der Waals surface area contributed by atoms with Gasteiger partial charge >= 0.3 is 0 Å². The Morgan fingerprint density at radius 1 is 0.684 bits per heavy atom. The van der Waals surface area contributed by atoms with E-state index >= 15 is 0 Å². The van der Waals surface area contributed by atoms with Crippen LogP contribution in [0.4, 0.5) is 0 Å². The number of nitrogens with zero attached hydrogens (tertiary/aromatic N) is 2. The molecule has 428 valence electrons. The van der Waals surface area contributed by atoms with Gasteiger partial charge in [-0.2, -0.15) is 0 Å². The molecule has 3 fully saturated rings. The molecule has 14 atom stereocenters. The topological polar surface area (TPSA) is 411 Å². The summed E-state index contributed by atoms with van der Waals surface area (Å²) >= 11 is 0. The van der Waals surface area contributed by atoms with Crippen LogP contribution in [-0.2, 0) is 44.8 Å². The van der Waals surface area contributed by atoms with E-state index in [4.69, 9.17) is 5.73 Å². The van der Waals surface area contributed by atoms with Crippen molar-refractivity contribution >= 4 is 47.3 Å². The standard InChI is InChI=1S/C51H82N8O17/c1-4-5-6-7-8-9-10-11-12-13-14-15-16-17-39(68)53-31-23-37(66)47(72)57-49(74)43-44(69)27(2)25-59(43)51(76)42(36(65)24-38(52)67)56-48(73)41(35(64)21-29-18-19-33(62)34(63)20-29)55-46(71)32-22-30(61)26-58(32)50(75)40(28(3)60)54-45(31)70/h18-20,27-28,30-32,35-37,40-44,47,60-66,69,72H,4-17,21-26H2,1-3H3,(H2,52,67)(H,53,68)(H,54,70)(H,55,71)(H,56,73)(H,57,74). The number of aliphatic hydroxyl groups is 7. The lowest BCUT2D eigenvalue weighted by molar-refractivity contribution is -0.148. The first-order valence-electron chi connectivity index (χ1n) is 26.6. The van der Waals surface area contributed by atoms with Gasteiger partial charge in [-0.05, 0) is 31.0 Å². The smallest absolute Gasteiger partial charge is 0.248 e. The second kappa shape index (κ2) is 30.3. The fourth-order valence-electron chi connectivity index (χ4n) is 9.89. The van der Waals surface area contributed by atoms with Gasteiger partial charge in [-0.1, -0.05) is 97.0 Å². The molecule has 0 aliphatic carbocycles. The molecule has 0 saturated carbocycles. The number of benzene rings is 1. The largest absolute Gasteiger partial charge is 0.504 e. The Balaban J connectivity index is 1.68. The third kappa shape index (κ3) is 18.2. The van der Waals surface area contributed by atoms with Crippen LogP contribution >= 0.6 is 0 Å². The van der Waals surface area contributed by atoms with E-state index in [1.807, 2.05) is 0 Å². The molecule has 0 aromatic heterocycles. The van der Waals surface area contributed by atoms with Crippen molar-refractivity contribution in [3.63, 3.8) is 0 Å². The number of carbonyl (C=O) groups is 8. The minimum atomic E-state index is -2.28. The normalized spacial score (nSPS) is 28.5. The van der Waals surface area contributed by atoms with Crippen molar-refractivity contribution in [2.24, 2.45) is 11.7 Å². The zero-order chi connectivity index (χ0) is 56.4. The lowest BCUT2D eigenvalue weighted by atomic mass is 9.98. The van der Waals surface area contributed by atoms with E-state index in [0.717, 1.165) is 61.0 Å². The Bertz CT molecular complexity index is 2140. The van der Waals surface area contributed by atoms with Crippen molar-refractivity contribution in [1.82, 2.24) is 36.4 Å². The highest BCUT2D eigenvalue weighted by Gasteiger charge is 2.50. The van der Waals surface area contributed by atoms with Crippen molar-refractivity contribution in [2.45, 2.75) is 215 Å². The molecule has 1 aromatic carbocycles. The molecule has 3 aliphatic rings. The number of nitrogens with two attached hydrogens (primary N) is 1. The van der Waals surface area contributed by atoms with E-state index in [2.05, 4.69) is 33.5 Å². The molecule has 3 aliphatic heterocycles. The van der Waals surface area contributed by atoms with Crippen LogP contribution < -0.4 is 32.3 Å². The van der Waals surface area contributed by atoms with Crippen LogP contribution in [0.2, 0.25) is 0 Å². The van der Waals surface area contributed by atoms with Crippen LogP contribution in [0.1, 0.15) is 135 Å². The number of carbonyl (C=O) groups excluding carboxylic acids is 8. The summed E-state index contributed by atoms with van der Waals surface area (Å²) in [6.07, 6.45) is -2.68. The predicted molar refractivity (Wildman–Crippen MR) is 271 cm³/mol. The number of phenolic OH excluding ortho intramolecular Hbond substituents is 2. The zero-order valence-corrected chi connectivity index (χ0v) is 43.7. The molecule has 8 amide bonds. The van der Waals surface area contributed by atoms with E-state index < -0.39 is 183 Å². The van der Waals surface area contributed by atoms with Crippen LogP contribution in [0.25, 0.3) is 0 Å². The molecule has 25 nitrogen and oxygen atoms in total. The number of primary amides is 1. The van der Waals surface area contributed by atoms with Crippen molar-refractivity contribution in [2.75, 3.05) is 13.1 Å². The summed E-state index contributed by atoms with van der Waals surface area (Å²) < 4.78 is 0. The molecule has 0 bridgehead atoms. The maximum Gasteiger partial charge on any atom is 0.248 e. The number of amides is 8. The van der Waals surface area contributed by atoms with E-state index in [1.165, 1.54) is 51.5 Å². The number of phenols is 2. The van der Waals surface area contributed by atoms with Crippen molar-refractivity contribution in [3.8, 4) is 11.5 Å². The van der Waals surface area contributed by atoms with Crippen molar-refractivity contribution in [1.29, 1.82) is 0 Å². The van der Waals surface area contributed by atoms with E-state index in [-0.39, 0.29) is 12.0 Å². The summed E-state index contributed by atoms with van der Waals surface area (Å²) in [4.78, 5) is 113. The average Bonchev–Trinajstić information content (AvgIpc) is 3.90. The van der Waals surface area contributed by atoms with E-state index in [9.17, 15) is 84.3 Å². The number of nitrogens with one attached hydrogen (secondary N) is 5. The Morgan fingerprint density at radius 3 is 1.83 bits per heavy atom. The van der Waals surface area contributed by atoms with Gasteiger partial charge in [0.1, 0.15) is 42.4 Å². The van der Waals surface area contributed by atoms with Crippen molar-refractivity contribution < 1.29 is 84.3 Å². The molecule has 76 heavy (non-hydrogen) atoms. The van der Waals surface area contributed by atoms with Gasteiger partial charge in [-0.15, -0.1) is 0 Å². The highest BCUT2D eigenvalue weighted by atomic mass is 16.3. The van der Waals surface area contributed by atoms with Gasteiger partial charge in [0.25, 0.3) is 0 Å². The fraction of sp³-hybridized carbons (Fsp3) is 0.725. The maximum atomic E-state index is 14.5. The first kappa shape index (κ1) is 62.8. The molecule has 0 spiro atoms. The predicted octanol–water partition coefficient (Wildman–Crippen LogP) is -2.59. The van der Waals surface area contributed by atoms with Crippen LogP contribution in [0.15, 0.2) is 18.2 Å². The van der Waals surface area contributed by atoms with Gasteiger partial charge in [-0.3, -0.25) is 38.4 Å². The van der Waals surface area contributed by atoms with E-state index in [1.54, 1.807) is 0 Å². The molecular formula is C51H82N8O17. The summed E-state index contributed by atoms with van der Waals surface area (Å²) in [5, 5.41) is 110. The SMILES string of the molecule is CCCCCCCCCCCCCCCC(=O)NC1CC(O)C(O)NC(=O)C2C(O)C(C)CN2C(=O)C(C(O)CC(N)=O)NC(=O)C(C(O)Cc2ccc(O)c(O)c2)NC(=O)C2CC(O)CN2C(=O)C(C(C)O)NC1=O. The van der Waals surface area contributed by atoms with Gasteiger partial charge < -0.3 is 88.1 Å². The molecule has 1 aromatic rings. The van der Waals surface area contributed by atoms with Gasteiger partial charge in [0, 0.05) is 44.7 Å². The summed E-state index contributed by atoms with van der Waals surface area (Å²) in [5.41, 5.74) is 5.44. The number of fused-ring (bicyclic) bond motifs is 2. The lowest BCUT2D eigenvalue weighted by Crippen LogP contribution is -2.64. The minimum absolute atomic E-state index is 0.0701. The second-order valence-electron chi connectivity index (χ2n) is 20.7. The molecule has 3 saturated heterocycles. The Labute approximate surface area is 442 Å². The van der Waals surface area contributed by atoms with Gasteiger partial charge in [-0.25, -0.2) is 0 Å². The molecule has 16 N–H and O–H groups in total.